The van der Waals surface area contributed by atoms with Crippen LogP contribution in [-0.2, 0) is 0 Å². The second-order valence-corrected chi connectivity index (χ2v) is 4.46. The molecule has 0 spiro atoms. The van der Waals surface area contributed by atoms with E-state index in [0.29, 0.717) is 29.1 Å². The van der Waals surface area contributed by atoms with E-state index in [4.69, 9.17) is 22.4 Å². The van der Waals surface area contributed by atoms with Crippen molar-refractivity contribution in [2.75, 3.05) is 5.73 Å². The number of rotatable bonds is 2. The topological polar surface area (TPSA) is 75.4 Å². The zero-order chi connectivity index (χ0) is 11.7. The molecule has 0 unspecified atom stereocenters. The summed E-state index contributed by atoms with van der Waals surface area (Å²) < 4.78 is 0. The Hall–Kier alpha value is -1.26. The second-order valence-electron chi connectivity index (χ2n) is 4.03. The fraction of sp³-hybridized carbons (Fsp3) is 0.364. The van der Waals surface area contributed by atoms with Gasteiger partial charge in [0, 0.05) is 16.8 Å². The Labute approximate surface area is 98.4 Å². The van der Waals surface area contributed by atoms with Crippen LogP contribution < -0.4 is 11.1 Å². The van der Waals surface area contributed by atoms with Crippen LogP contribution in [0.1, 0.15) is 23.2 Å². The van der Waals surface area contributed by atoms with Gasteiger partial charge in [-0.1, -0.05) is 11.6 Å². The van der Waals surface area contributed by atoms with Crippen LogP contribution in [0.2, 0.25) is 5.02 Å². The molecular weight excluding hydrogens is 228 g/mol. The van der Waals surface area contributed by atoms with Crippen LogP contribution in [0.25, 0.3) is 0 Å². The summed E-state index contributed by atoms with van der Waals surface area (Å²) >= 11 is 5.79. The van der Waals surface area contributed by atoms with Crippen molar-refractivity contribution in [2.24, 2.45) is 0 Å². The summed E-state index contributed by atoms with van der Waals surface area (Å²) in [6.07, 6.45) is 0.917. The van der Waals surface area contributed by atoms with Crippen LogP contribution in [0.4, 0.5) is 5.69 Å². The average Bonchev–Trinajstić information content (AvgIpc) is 2.19. The van der Waals surface area contributed by atoms with E-state index < -0.39 is 0 Å². The highest BCUT2D eigenvalue weighted by Gasteiger charge is 2.28. The van der Waals surface area contributed by atoms with E-state index in [9.17, 15) is 4.79 Å². The molecule has 0 saturated heterocycles. The molecule has 1 saturated carbocycles. The molecule has 1 amide bonds. The minimum absolute atomic E-state index is 0.0425. The number of halogens is 1. The van der Waals surface area contributed by atoms with Crippen molar-refractivity contribution in [1.29, 1.82) is 0 Å². The number of carbonyl (C=O) groups is 1. The highest BCUT2D eigenvalue weighted by Crippen LogP contribution is 2.22. The summed E-state index contributed by atoms with van der Waals surface area (Å²) in [5.74, 6) is -0.239. The summed E-state index contributed by atoms with van der Waals surface area (Å²) in [4.78, 5) is 11.8. The normalized spacial score (nSPS) is 23.6. The molecule has 5 heteroatoms. The lowest BCUT2D eigenvalue weighted by atomic mass is 9.89. The van der Waals surface area contributed by atoms with Gasteiger partial charge in [-0.15, -0.1) is 0 Å². The van der Waals surface area contributed by atoms with Crippen LogP contribution in [0.5, 0.6) is 0 Å². The van der Waals surface area contributed by atoms with E-state index >= 15 is 0 Å². The van der Waals surface area contributed by atoms with Crippen molar-refractivity contribution >= 4 is 23.2 Å². The Morgan fingerprint density at radius 2 is 2.19 bits per heavy atom. The Balaban J connectivity index is 2.05. The number of hydrogen-bond donors (Lipinski definition) is 3. The Morgan fingerprint density at radius 1 is 1.50 bits per heavy atom. The highest BCUT2D eigenvalue weighted by molar-refractivity contribution is 6.31. The Bertz CT molecular complexity index is 416. The van der Waals surface area contributed by atoms with Crippen molar-refractivity contribution in [3.05, 3.63) is 28.8 Å². The third-order valence-corrected chi connectivity index (χ3v) is 2.94. The summed E-state index contributed by atoms with van der Waals surface area (Å²) in [5.41, 5.74) is 6.47. The predicted octanol–water partition coefficient (Wildman–Crippen LogP) is 1.18. The van der Waals surface area contributed by atoms with Crippen LogP contribution in [-0.4, -0.2) is 23.2 Å². The molecule has 0 aromatic heterocycles. The van der Waals surface area contributed by atoms with Gasteiger partial charge < -0.3 is 16.2 Å². The van der Waals surface area contributed by atoms with Crippen molar-refractivity contribution in [3.8, 4) is 0 Å². The number of benzene rings is 1. The predicted molar refractivity (Wildman–Crippen MR) is 62.4 cm³/mol. The Morgan fingerprint density at radius 3 is 2.81 bits per heavy atom. The molecule has 0 radical (unpaired) electrons. The third kappa shape index (κ3) is 2.28. The molecule has 1 aliphatic carbocycles. The number of aliphatic hydroxyl groups excluding tert-OH is 1. The number of hydrogen-bond acceptors (Lipinski definition) is 3. The van der Waals surface area contributed by atoms with Gasteiger partial charge in [-0.2, -0.15) is 0 Å². The largest absolute Gasteiger partial charge is 0.398 e. The van der Waals surface area contributed by atoms with Gasteiger partial charge in [0.1, 0.15) is 0 Å². The van der Waals surface area contributed by atoms with Crippen molar-refractivity contribution in [2.45, 2.75) is 25.0 Å². The molecule has 1 aromatic carbocycles. The monoisotopic (exact) mass is 240 g/mol. The lowest BCUT2D eigenvalue weighted by Crippen LogP contribution is -2.46. The zero-order valence-corrected chi connectivity index (χ0v) is 9.37. The first-order valence-corrected chi connectivity index (χ1v) is 5.48. The van der Waals surface area contributed by atoms with Gasteiger partial charge >= 0.3 is 0 Å². The van der Waals surface area contributed by atoms with E-state index in [1.165, 1.54) is 0 Å². The molecule has 0 bridgehead atoms. The molecule has 1 aromatic rings. The molecule has 86 valence electrons. The maximum atomic E-state index is 11.8. The van der Waals surface area contributed by atoms with Gasteiger partial charge in [0.05, 0.1) is 11.7 Å². The SMILES string of the molecule is Nc1ccc(Cl)cc1C(=O)NC1CC(O)C1. The lowest BCUT2D eigenvalue weighted by molar-refractivity contribution is 0.0563. The lowest BCUT2D eigenvalue weighted by Gasteiger charge is -2.32. The van der Waals surface area contributed by atoms with Gasteiger partial charge in [0.2, 0.25) is 0 Å². The third-order valence-electron chi connectivity index (χ3n) is 2.71. The minimum atomic E-state index is -0.290. The van der Waals surface area contributed by atoms with Crippen LogP contribution in [0.3, 0.4) is 0 Å². The van der Waals surface area contributed by atoms with E-state index in [1.807, 2.05) is 0 Å². The molecule has 0 atom stereocenters. The van der Waals surface area contributed by atoms with Gasteiger partial charge in [0.25, 0.3) is 5.91 Å². The molecule has 1 fully saturated rings. The van der Waals surface area contributed by atoms with Crippen LogP contribution >= 0.6 is 11.6 Å². The summed E-state index contributed by atoms with van der Waals surface area (Å²) in [6, 6.07) is 4.83. The van der Waals surface area contributed by atoms with Crippen molar-refractivity contribution in [3.63, 3.8) is 0 Å². The number of carbonyl (C=O) groups excluding carboxylic acids is 1. The van der Waals surface area contributed by atoms with Crippen LogP contribution in [0.15, 0.2) is 18.2 Å². The second kappa shape index (κ2) is 4.31. The molecule has 0 heterocycles. The number of amides is 1. The number of aliphatic hydroxyl groups is 1. The van der Waals surface area contributed by atoms with Crippen molar-refractivity contribution < 1.29 is 9.90 Å². The standard InChI is InChI=1S/C11H13ClN2O2/c12-6-1-2-10(13)9(3-6)11(16)14-7-4-8(15)5-7/h1-3,7-8,15H,4-5,13H2,(H,14,16). The summed E-state index contributed by atoms with van der Waals surface area (Å²) in [5, 5.41) is 12.4. The smallest absolute Gasteiger partial charge is 0.253 e. The Kier molecular flexibility index (Phi) is 3.03. The number of anilines is 1. The van der Waals surface area contributed by atoms with Gasteiger partial charge in [0.15, 0.2) is 0 Å². The maximum absolute atomic E-state index is 11.8. The van der Waals surface area contributed by atoms with Crippen molar-refractivity contribution in [1.82, 2.24) is 5.32 Å². The van der Waals surface area contributed by atoms with E-state index in [1.54, 1.807) is 18.2 Å². The van der Waals surface area contributed by atoms with E-state index in [-0.39, 0.29) is 18.1 Å². The first kappa shape index (κ1) is 11.2. The zero-order valence-electron chi connectivity index (χ0n) is 8.61. The summed E-state index contributed by atoms with van der Waals surface area (Å²) in [7, 11) is 0. The molecule has 1 aliphatic rings. The molecule has 16 heavy (non-hydrogen) atoms. The van der Waals surface area contributed by atoms with Gasteiger partial charge in [-0.25, -0.2) is 0 Å². The van der Waals surface area contributed by atoms with E-state index in [2.05, 4.69) is 5.32 Å². The van der Waals surface area contributed by atoms with Gasteiger partial charge in [-0.3, -0.25) is 4.79 Å². The quantitative estimate of drug-likeness (QED) is 0.680. The van der Waals surface area contributed by atoms with Crippen LogP contribution in [0, 0.1) is 0 Å². The number of nitrogen functional groups attached to an aromatic ring is 1. The number of nitrogens with one attached hydrogen (secondary N) is 1. The molecule has 2 rings (SSSR count). The molecule has 0 aliphatic heterocycles. The highest BCUT2D eigenvalue weighted by atomic mass is 35.5. The molecule has 4 N–H and O–H groups in total. The minimum Gasteiger partial charge on any atom is -0.398 e. The first-order valence-electron chi connectivity index (χ1n) is 5.10. The fourth-order valence-electron chi connectivity index (χ4n) is 1.69. The van der Waals surface area contributed by atoms with E-state index in [0.717, 1.165) is 0 Å². The average molecular weight is 241 g/mol. The summed E-state index contributed by atoms with van der Waals surface area (Å²) in [6.45, 7) is 0. The molecule has 4 nitrogen and oxygen atoms in total. The molecular formula is C11H13ClN2O2. The first-order chi connectivity index (χ1) is 7.56. The van der Waals surface area contributed by atoms with Gasteiger partial charge in [-0.05, 0) is 31.0 Å². The number of nitrogens with two attached hydrogens (primary N) is 1. The maximum Gasteiger partial charge on any atom is 0.253 e. The fourth-order valence-corrected chi connectivity index (χ4v) is 1.87.